The lowest BCUT2D eigenvalue weighted by atomic mass is 10.2. The van der Waals surface area contributed by atoms with E-state index in [0.29, 0.717) is 6.54 Å². The van der Waals surface area contributed by atoms with Crippen LogP contribution in [-0.4, -0.2) is 22.0 Å². The highest BCUT2D eigenvalue weighted by atomic mass is 35.5. The quantitative estimate of drug-likeness (QED) is 0.825. The minimum absolute atomic E-state index is 0.0299. The van der Waals surface area contributed by atoms with Crippen LogP contribution >= 0.6 is 11.6 Å². The summed E-state index contributed by atoms with van der Waals surface area (Å²) in [6.45, 7) is 4.15. The summed E-state index contributed by atoms with van der Waals surface area (Å²) in [7, 11) is -1.67. The first-order valence-electron chi connectivity index (χ1n) is 5.02. The first kappa shape index (κ1) is 14.2. The highest BCUT2D eigenvalue weighted by Gasteiger charge is 2.13. The van der Waals surface area contributed by atoms with E-state index in [1.165, 1.54) is 0 Å². The van der Waals surface area contributed by atoms with Crippen LogP contribution in [0.3, 0.4) is 0 Å². The van der Waals surface area contributed by atoms with Gasteiger partial charge >= 0.3 is 0 Å². The van der Waals surface area contributed by atoms with Crippen LogP contribution < -0.4 is 10.0 Å². The van der Waals surface area contributed by atoms with Crippen LogP contribution in [0.4, 0.5) is 0 Å². The average molecular weight is 275 g/mol. The molecule has 0 aromatic heterocycles. The molecule has 0 saturated heterocycles. The van der Waals surface area contributed by atoms with Gasteiger partial charge in [0.2, 0.25) is 10.0 Å². The third-order valence-corrected chi connectivity index (χ3v) is 3.62. The zero-order valence-electron chi connectivity index (χ0n) is 9.53. The van der Waals surface area contributed by atoms with Crippen LogP contribution in [0.5, 0.6) is 0 Å². The molecule has 1 aromatic carbocycles. The fourth-order valence-electron chi connectivity index (χ4n) is 1.25. The predicted octanol–water partition coefficient (Wildman–Crippen LogP) is 1.44. The maximum absolute atomic E-state index is 11.8. The Morgan fingerprint density at radius 3 is 2.41 bits per heavy atom. The van der Waals surface area contributed by atoms with Crippen LogP contribution in [0, 0.1) is 0 Å². The molecule has 0 amide bonds. The Morgan fingerprint density at radius 2 is 1.94 bits per heavy atom. The fraction of sp³-hybridized carbons (Fsp3) is 0.273. The smallest absolute Gasteiger partial charge is 0.240 e. The number of benzene rings is 1. The lowest BCUT2D eigenvalue weighted by Crippen LogP contribution is -2.24. The summed E-state index contributed by atoms with van der Waals surface area (Å²) in [4.78, 5) is 0.218. The van der Waals surface area contributed by atoms with Gasteiger partial charge in [-0.05, 0) is 24.7 Å². The van der Waals surface area contributed by atoms with Gasteiger partial charge in [0.1, 0.15) is 0 Å². The second-order valence-corrected chi connectivity index (χ2v) is 5.82. The Balaban J connectivity index is 2.81. The average Bonchev–Trinajstić information content (AvgIpc) is 2.28. The van der Waals surface area contributed by atoms with Gasteiger partial charge in [0.15, 0.2) is 0 Å². The number of sulfonamides is 1. The van der Waals surface area contributed by atoms with E-state index in [1.807, 2.05) is 7.05 Å². The predicted molar refractivity (Wildman–Crippen MR) is 69.4 cm³/mol. The molecule has 0 heterocycles. The standard InChI is InChI=1S/C11H15ClN2O2S/c1-9(12)7-14-17(15,16)11-5-3-10(4-6-11)8-13-2/h3-6,13-14H,1,7-8H2,2H3. The van der Waals surface area contributed by atoms with Crippen molar-refractivity contribution in [1.82, 2.24) is 10.0 Å². The van der Waals surface area contributed by atoms with Crippen molar-refractivity contribution in [3.63, 3.8) is 0 Å². The van der Waals surface area contributed by atoms with Crippen molar-refractivity contribution in [2.45, 2.75) is 11.4 Å². The summed E-state index contributed by atoms with van der Waals surface area (Å²) in [5.74, 6) is 0. The Labute approximate surface area is 107 Å². The van der Waals surface area contributed by atoms with Crippen LogP contribution in [0.15, 0.2) is 40.8 Å². The van der Waals surface area contributed by atoms with Gasteiger partial charge in [-0.1, -0.05) is 30.3 Å². The Morgan fingerprint density at radius 1 is 1.35 bits per heavy atom. The molecule has 17 heavy (non-hydrogen) atoms. The summed E-state index contributed by atoms with van der Waals surface area (Å²) in [5.41, 5.74) is 1.02. The third kappa shape index (κ3) is 4.47. The van der Waals surface area contributed by atoms with E-state index in [0.717, 1.165) is 5.56 Å². The molecule has 94 valence electrons. The Hall–Kier alpha value is -0.880. The molecule has 0 saturated carbocycles. The van der Waals surface area contributed by atoms with Crippen molar-refractivity contribution >= 4 is 21.6 Å². The molecule has 0 aliphatic heterocycles. The number of nitrogens with one attached hydrogen (secondary N) is 2. The van der Waals surface area contributed by atoms with Gasteiger partial charge in [0.05, 0.1) is 4.90 Å². The summed E-state index contributed by atoms with van der Waals surface area (Å²) in [5, 5.41) is 3.24. The van der Waals surface area contributed by atoms with Gasteiger partial charge in [-0.3, -0.25) is 0 Å². The summed E-state index contributed by atoms with van der Waals surface area (Å²) < 4.78 is 25.9. The molecular formula is C11H15ClN2O2S. The third-order valence-electron chi connectivity index (χ3n) is 2.07. The van der Waals surface area contributed by atoms with Crippen molar-refractivity contribution in [3.05, 3.63) is 41.4 Å². The number of hydrogen-bond donors (Lipinski definition) is 2. The maximum Gasteiger partial charge on any atom is 0.240 e. The zero-order chi connectivity index (χ0) is 12.9. The molecule has 0 radical (unpaired) electrons. The molecule has 2 N–H and O–H groups in total. The number of halogens is 1. The molecule has 1 aromatic rings. The van der Waals surface area contributed by atoms with Crippen LogP contribution in [0.1, 0.15) is 5.56 Å². The summed E-state index contributed by atoms with van der Waals surface area (Å²) in [6, 6.07) is 6.65. The van der Waals surface area contributed by atoms with Crippen LogP contribution in [0.25, 0.3) is 0 Å². The molecule has 0 atom stereocenters. The van der Waals surface area contributed by atoms with Crippen molar-refractivity contribution in [2.24, 2.45) is 0 Å². The molecule has 0 aliphatic rings. The van der Waals surface area contributed by atoms with Crippen LogP contribution in [-0.2, 0) is 16.6 Å². The van der Waals surface area contributed by atoms with E-state index in [1.54, 1.807) is 24.3 Å². The normalized spacial score (nSPS) is 11.4. The van der Waals surface area contributed by atoms with Gasteiger partial charge in [-0.2, -0.15) is 0 Å². The lowest BCUT2D eigenvalue weighted by molar-refractivity contribution is 0.585. The first-order chi connectivity index (χ1) is 7.95. The lowest BCUT2D eigenvalue weighted by Gasteiger charge is -2.06. The largest absolute Gasteiger partial charge is 0.316 e. The van der Waals surface area contributed by atoms with Gasteiger partial charge in [-0.25, -0.2) is 13.1 Å². The zero-order valence-corrected chi connectivity index (χ0v) is 11.1. The van der Waals surface area contributed by atoms with E-state index in [9.17, 15) is 8.42 Å². The van der Waals surface area contributed by atoms with E-state index >= 15 is 0 Å². The highest BCUT2D eigenvalue weighted by Crippen LogP contribution is 2.10. The molecule has 1 rings (SSSR count). The molecule has 0 bridgehead atoms. The monoisotopic (exact) mass is 274 g/mol. The van der Waals surface area contributed by atoms with Gasteiger partial charge in [0.25, 0.3) is 0 Å². The SMILES string of the molecule is C=C(Cl)CNS(=O)(=O)c1ccc(CNC)cc1. The molecule has 4 nitrogen and oxygen atoms in total. The molecule has 0 unspecified atom stereocenters. The minimum Gasteiger partial charge on any atom is -0.316 e. The first-order valence-corrected chi connectivity index (χ1v) is 6.88. The summed E-state index contributed by atoms with van der Waals surface area (Å²) >= 11 is 5.51. The molecule has 0 aliphatic carbocycles. The Kier molecular flexibility index (Phi) is 5.14. The van der Waals surface area contributed by atoms with E-state index in [-0.39, 0.29) is 16.5 Å². The molecular weight excluding hydrogens is 260 g/mol. The highest BCUT2D eigenvalue weighted by molar-refractivity contribution is 7.89. The van der Waals surface area contributed by atoms with Gasteiger partial charge < -0.3 is 5.32 Å². The topological polar surface area (TPSA) is 58.2 Å². The minimum atomic E-state index is -3.50. The second-order valence-electron chi connectivity index (χ2n) is 3.52. The Bertz CT molecular complexity index is 483. The van der Waals surface area contributed by atoms with Crippen molar-refractivity contribution in [3.8, 4) is 0 Å². The van der Waals surface area contributed by atoms with E-state index in [2.05, 4.69) is 16.6 Å². The maximum atomic E-state index is 11.8. The molecule has 0 spiro atoms. The molecule has 0 fully saturated rings. The van der Waals surface area contributed by atoms with Gasteiger partial charge in [-0.15, -0.1) is 0 Å². The number of rotatable bonds is 6. The van der Waals surface area contributed by atoms with E-state index < -0.39 is 10.0 Å². The summed E-state index contributed by atoms with van der Waals surface area (Å²) in [6.07, 6.45) is 0. The van der Waals surface area contributed by atoms with E-state index in [4.69, 9.17) is 11.6 Å². The van der Waals surface area contributed by atoms with Crippen LogP contribution in [0.2, 0.25) is 0 Å². The van der Waals surface area contributed by atoms with Crippen molar-refractivity contribution in [2.75, 3.05) is 13.6 Å². The van der Waals surface area contributed by atoms with Crippen molar-refractivity contribution < 1.29 is 8.42 Å². The molecule has 6 heteroatoms. The fourth-order valence-corrected chi connectivity index (χ4v) is 2.42. The van der Waals surface area contributed by atoms with Gasteiger partial charge in [0, 0.05) is 18.1 Å². The van der Waals surface area contributed by atoms with Crippen molar-refractivity contribution in [1.29, 1.82) is 0 Å². The number of hydrogen-bond acceptors (Lipinski definition) is 3. The second kappa shape index (κ2) is 6.16.